The highest BCUT2D eigenvalue weighted by Gasteiger charge is 2.18. The van der Waals surface area contributed by atoms with Gasteiger partial charge in [0.05, 0.1) is 9.92 Å². The van der Waals surface area contributed by atoms with E-state index < -0.39 is 28.5 Å². The van der Waals surface area contributed by atoms with Gasteiger partial charge >= 0.3 is 5.97 Å². The van der Waals surface area contributed by atoms with Crippen molar-refractivity contribution >= 4 is 44.4 Å². The average molecular weight is 422 g/mol. The van der Waals surface area contributed by atoms with E-state index in [1.807, 2.05) is 0 Å². The lowest BCUT2D eigenvalue weighted by Gasteiger charge is -2.07. The zero-order valence-electron chi connectivity index (χ0n) is 14.4. The highest BCUT2D eigenvalue weighted by atomic mass is 35.5. The number of aromatic amines is 1. The Hall–Kier alpha value is -2.88. The maximum atomic E-state index is 12.2. The number of carbonyl (C=O) groups excluding carboxylic acids is 2. The Balaban J connectivity index is 1.54. The van der Waals surface area contributed by atoms with Crippen molar-refractivity contribution in [3.8, 4) is 0 Å². The van der Waals surface area contributed by atoms with E-state index in [-0.39, 0.29) is 22.2 Å². The lowest BCUT2D eigenvalue weighted by Crippen LogP contribution is -2.28. The van der Waals surface area contributed by atoms with Crippen molar-refractivity contribution in [1.82, 2.24) is 10.3 Å². The average Bonchev–Trinajstić information content (AvgIpc) is 3.01. The van der Waals surface area contributed by atoms with Crippen LogP contribution in [-0.2, 0) is 26.1 Å². The van der Waals surface area contributed by atoms with Crippen LogP contribution >= 0.6 is 11.6 Å². The fraction of sp³-hybridized carbons (Fsp3) is 0.111. The van der Waals surface area contributed by atoms with Crippen molar-refractivity contribution in [1.29, 1.82) is 0 Å². The molecule has 146 valence electrons. The van der Waals surface area contributed by atoms with Gasteiger partial charge < -0.3 is 15.0 Å². The molecule has 0 radical (unpaired) electrons. The number of fused-ring (bicyclic) bond motifs is 1. The number of esters is 1. The minimum atomic E-state index is -3.77. The molecule has 1 aromatic heterocycles. The van der Waals surface area contributed by atoms with Crippen molar-refractivity contribution in [3.63, 3.8) is 0 Å². The molecule has 0 aliphatic heterocycles. The molecule has 28 heavy (non-hydrogen) atoms. The third-order valence-corrected chi connectivity index (χ3v) is 5.24. The lowest BCUT2D eigenvalue weighted by atomic mass is 10.2. The summed E-state index contributed by atoms with van der Waals surface area (Å²) >= 11 is 6.17. The number of ether oxygens (including phenoxy) is 1. The smallest absolute Gasteiger partial charge is 0.356 e. The number of para-hydroxylation sites is 1. The standard InChI is InChI=1S/C18H16ClN3O5S/c19-16-13-3-1-2-4-14(13)22-17(16)18(24)27-10-15(23)21-9-11-5-7-12(8-6-11)28(20,25)26/h1-8,22H,9-10H2,(H,21,23)(H2,20,25,26). The van der Waals surface area contributed by atoms with E-state index >= 15 is 0 Å². The number of rotatable bonds is 6. The monoisotopic (exact) mass is 421 g/mol. The second-order valence-corrected chi connectivity index (χ2v) is 7.84. The summed E-state index contributed by atoms with van der Waals surface area (Å²) in [5.41, 5.74) is 1.42. The Bertz CT molecular complexity index is 1140. The van der Waals surface area contributed by atoms with E-state index in [2.05, 4.69) is 10.3 Å². The maximum Gasteiger partial charge on any atom is 0.356 e. The molecule has 10 heteroatoms. The Morgan fingerprint density at radius 1 is 1.11 bits per heavy atom. The molecule has 0 fully saturated rings. The van der Waals surface area contributed by atoms with E-state index in [9.17, 15) is 18.0 Å². The van der Waals surface area contributed by atoms with Gasteiger partial charge in [0.2, 0.25) is 10.0 Å². The summed E-state index contributed by atoms with van der Waals surface area (Å²) in [6.07, 6.45) is 0. The quantitative estimate of drug-likeness (QED) is 0.523. The second-order valence-electron chi connectivity index (χ2n) is 5.90. The fourth-order valence-electron chi connectivity index (χ4n) is 2.50. The molecule has 3 aromatic rings. The van der Waals surface area contributed by atoms with Gasteiger partial charge in [0.25, 0.3) is 5.91 Å². The summed E-state index contributed by atoms with van der Waals surface area (Å²) in [6, 6.07) is 12.9. The number of sulfonamides is 1. The van der Waals surface area contributed by atoms with E-state index in [0.717, 1.165) is 0 Å². The third-order valence-electron chi connectivity index (χ3n) is 3.92. The van der Waals surface area contributed by atoms with Crippen LogP contribution in [0.25, 0.3) is 10.9 Å². The van der Waals surface area contributed by atoms with Crippen LogP contribution in [0.15, 0.2) is 53.4 Å². The molecule has 0 saturated heterocycles. The summed E-state index contributed by atoms with van der Waals surface area (Å²) in [7, 11) is -3.77. The van der Waals surface area contributed by atoms with E-state index in [1.54, 1.807) is 24.3 Å². The molecule has 0 bridgehead atoms. The largest absolute Gasteiger partial charge is 0.451 e. The zero-order chi connectivity index (χ0) is 20.3. The van der Waals surface area contributed by atoms with Crippen molar-refractivity contribution in [2.75, 3.05) is 6.61 Å². The molecule has 0 saturated carbocycles. The molecule has 0 unspecified atom stereocenters. The van der Waals surface area contributed by atoms with Crippen molar-refractivity contribution in [2.24, 2.45) is 5.14 Å². The summed E-state index contributed by atoms with van der Waals surface area (Å²) in [6.45, 7) is -0.353. The SMILES string of the molecule is NS(=O)(=O)c1ccc(CNC(=O)COC(=O)c2[nH]c3ccccc3c2Cl)cc1. The van der Waals surface area contributed by atoms with Gasteiger partial charge in [0.15, 0.2) is 6.61 Å². The molecule has 1 heterocycles. The van der Waals surface area contributed by atoms with Gasteiger partial charge in [-0.05, 0) is 23.8 Å². The number of benzene rings is 2. The van der Waals surface area contributed by atoms with Crippen LogP contribution in [0, 0.1) is 0 Å². The number of nitrogens with two attached hydrogens (primary N) is 1. The van der Waals surface area contributed by atoms with Gasteiger partial charge in [-0.3, -0.25) is 4.79 Å². The number of primary sulfonamides is 1. The highest BCUT2D eigenvalue weighted by Crippen LogP contribution is 2.27. The van der Waals surface area contributed by atoms with Gasteiger partial charge in [-0.15, -0.1) is 0 Å². The zero-order valence-corrected chi connectivity index (χ0v) is 16.0. The number of aromatic nitrogens is 1. The topological polar surface area (TPSA) is 131 Å². The second kappa shape index (κ2) is 8.01. The summed E-state index contributed by atoms with van der Waals surface area (Å²) in [4.78, 5) is 26.9. The molecule has 0 atom stereocenters. The Morgan fingerprint density at radius 2 is 1.79 bits per heavy atom. The van der Waals surface area contributed by atoms with Crippen LogP contribution in [-0.4, -0.2) is 31.9 Å². The normalized spacial score (nSPS) is 11.4. The third kappa shape index (κ3) is 4.50. The Morgan fingerprint density at radius 3 is 2.43 bits per heavy atom. The molecule has 0 spiro atoms. The minimum absolute atomic E-state index is 0.0216. The minimum Gasteiger partial charge on any atom is -0.451 e. The first-order valence-electron chi connectivity index (χ1n) is 8.07. The summed E-state index contributed by atoms with van der Waals surface area (Å²) < 4.78 is 27.4. The Kier molecular flexibility index (Phi) is 5.68. The first kappa shape index (κ1) is 19.9. The molecule has 2 aromatic carbocycles. The van der Waals surface area contributed by atoms with Crippen LogP contribution in [0.3, 0.4) is 0 Å². The Labute approximate surface area is 165 Å². The van der Waals surface area contributed by atoms with Crippen LogP contribution in [0.2, 0.25) is 5.02 Å². The summed E-state index contributed by atoms with van der Waals surface area (Å²) in [5.74, 6) is -1.26. The fourth-order valence-corrected chi connectivity index (χ4v) is 3.30. The molecule has 4 N–H and O–H groups in total. The first-order chi connectivity index (χ1) is 13.3. The van der Waals surface area contributed by atoms with E-state index in [4.69, 9.17) is 21.5 Å². The van der Waals surface area contributed by atoms with E-state index in [0.29, 0.717) is 16.5 Å². The van der Waals surface area contributed by atoms with Crippen molar-refractivity contribution < 1.29 is 22.7 Å². The molecule has 3 rings (SSSR count). The molecular formula is C18H16ClN3O5S. The summed E-state index contributed by atoms with van der Waals surface area (Å²) in [5, 5.41) is 8.50. The van der Waals surface area contributed by atoms with Crippen LogP contribution in [0.5, 0.6) is 0 Å². The number of hydrogen-bond acceptors (Lipinski definition) is 5. The number of carbonyl (C=O) groups is 2. The van der Waals surface area contributed by atoms with Crippen molar-refractivity contribution in [3.05, 3.63) is 64.8 Å². The molecule has 0 aliphatic rings. The molecule has 0 aliphatic carbocycles. The highest BCUT2D eigenvalue weighted by molar-refractivity contribution is 7.89. The number of halogens is 1. The van der Waals surface area contributed by atoms with Gasteiger partial charge in [0, 0.05) is 17.4 Å². The number of nitrogens with one attached hydrogen (secondary N) is 2. The lowest BCUT2D eigenvalue weighted by molar-refractivity contribution is -0.124. The van der Waals surface area contributed by atoms with Gasteiger partial charge in [0.1, 0.15) is 5.69 Å². The molecule has 1 amide bonds. The van der Waals surface area contributed by atoms with Crippen LogP contribution in [0.1, 0.15) is 16.1 Å². The first-order valence-corrected chi connectivity index (χ1v) is 10.00. The van der Waals surface area contributed by atoms with E-state index in [1.165, 1.54) is 24.3 Å². The van der Waals surface area contributed by atoms with Gasteiger partial charge in [-0.2, -0.15) is 0 Å². The van der Waals surface area contributed by atoms with Gasteiger partial charge in [-0.25, -0.2) is 18.4 Å². The van der Waals surface area contributed by atoms with Crippen LogP contribution < -0.4 is 10.5 Å². The van der Waals surface area contributed by atoms with Crippen LogP contribution in [0.4, 0.5) is 0 Å². The number of amides is 1. The molecular weight excluding hydrogens is 406 g/mol. The molecule has 8 nitrogen and oxygen atoms in total. The predicted molar refractivity (Wildman–Crippen MR) is 103 cm³/mol. The number of hydrogen-bond donors (Lipinski definition) is 3. The maximum absolute atomic E-state index is 12.2. The predicted octanol–water partition coefficient (Wildman–Crippen LogP) is 1.94. The van der Waals surface area contributed by atoms with Gasteiger partial charge in [-0.1, -0.05) is 41.9 Å². The van der Waals surface area contributed by atoms with Crippen molar-refractivity contribution in [2.45, 2.75) is 11.4 Å². The number of H-pyrrole nitrogens is 1.